The Labute approximate surface area is 157 Å². The molecule has 26 heavy (non-hydrogen) atoms. The maximum absolute atomic E-state index is 11.8. The van der Waals surface area contributed by atoms with Crippen molar-refractivity contribution in [1.82, 2.24) is 9.55 Å². The number of furan rings is 1. The summed E-state index contributed by atoms with van der Waals surface area (Å²) in [5, 5.41) is 6.09. The molecule has 0 saturated carbocycles. The fourth-order valence-electron chi connectivity index (χ4n) is 3.24. The van der Waals surface area contributed by atoms with Gasteiger partial charge in [-0.3, -0.25) is 4.79 Å². The van der Waals surface area contributed by atoms with Crippen LogP contribution in [0.1, 0.15) is 54.5 Å². The topological polar surface area (TPSA) is 86.1 Å². The molecule has 0 bridgehead atoms. The zero-order valence-corrected chi connectivity index (χ0v) is 16.1. The van der Waals surface area contributed by atoms with Crippen molar-refractivity contribution in [1.29, 1.82) is 0 Å². The largest absolute Gasteiger partial charge is 0.467 e. The molecule has 0 aliphatic rings. The Bertz CT molecular complexity index is 876. The van der Waals surface area contributed by atoms with Crippen LogP contribution in [0.2, 0.25) is 0 Å². The summed E-state index contributed by atoms with van der Waals surface area (Å²) in [6.07, 6.45) is 3.61. The summed E-state index contributed by atoms with van der Waals surface area (Å²) in [5.41, 5.74) is 8.82. The van der Waals surface area contributed by atoms with Gasteiger partial charge in [0.2, 0.25) is 0 Å². The fraction of sp³-hybridized carbons (Fsp3) is 0.368. The highest BCUT2D eigenvalue weighted by Gasteiger charge is 2.22. The first-order chi connectivity index (χ1) is 12.5. The van der Waals surface area contributed by atoms with Crippen molar-refractivity contribution >= 4 is 22.4 Å². The lowest BCUT2D eigenvalue weighted by Crippen LogP contribution is -2.14. The lowest BCUT2D eigenvalue weighted by molar-refractivity contribution is 0.0999. The van der Waals surface area contributed by atoms with Gasteiger partial charge in [0, 0.05) is 17.1 Å². The van der Waals surface area contributed by atoms with E-state index in [1.54, 1.807) is 6.26 Å². The first kappa shape index (κ1) is 18.3. The van der Waals surface area contributed by atoms with E-state index < -0.39 is 5.91 Å². The minimum atomic E-state index is -0.403. The molecule has 0 unspecified atom stereocenters. The molecule has 3 rings (SSSR count). The molecule has 0 atom stereocenters. The van der Waals surface area contributed by atoms with Crippen molar-refractivity contribution in [2.45, 2.75) is 46.2 Å². The SMILES string of the molecule is CCC(CC)n1c(-c2csc(NCc3ccco3)n2)cc(C(N)=O)c1C. The summed E-state index contributed by atoms with van der Waals surface area (Å²) >= 11 is 1.53. The van der Waals surface area contributed by atoms with Gasteiger partial charge < -0.3 is 20.0 Å². The van der Waals surface area contributed by atoms with E-state index in [2.05, 4.69) is 23.7 Å². The van der Waals surface area contributed by atoms with E-state index in [0.717, 1.165) is 40.8 Å². The summed E-state index contributed by atoms with van der Waals surface area (Å²) in [5.74, 6) is 0.453. The van der Waals surface area contributed by atoms with Crippen molar-refractivity contribution in [2.75, 3.05) is 5.32 Å². The van der Waals surface area contributed by atoms with Crippen LogP contribution in [0.4, 0.5) is 5.13 Å². The third-order valence-corrected chi connectivity index (χ3v) is 5.43. The first-order valence-corrected chi connectivity index (χ1v) is 9.66. The molecule has 1 amide bonds. The van der Waals surface area contributed by atoms with Crippen molar-refractivity contribution in [2.24, 2.45) is 5.73 Å². The van der Waals surface area contributed by atoms with Crippen LogP contribution in [0, 0.1) is 6.92 Å². The molecule has 3 aromatic rings. The molecule has 0 aromatic carbocycles. The molecular formula is C19H24N4O2S. The van der Waals surface area contributed by atoms with Crippen LogP contribution >= 0.6 is 11.3 Å². The minimum absolute atomic E-state index is 0.305. The first-order valence-electron chi connectivity index (χ1n) is 8.78. The molecular weight excluding hydrogens is 348 g/mol. The van der Waals surface area contributed by atoms with Gasteiger partial charge in [0.25, 0.3) is 5.91 Å². The van der Waals surface area contributed by atoms with Crippen LogP contribution in [-0.4, -0.2) is 15.5 Å². The molecule has 3 aromatic heterocycles. The highest BCUT2D eigenvalue weighted by Crippen LogP contribution is 2.33. The molecule has 0 aliphatic heterocycles. The van der Waals surface area contributed by atoms with Crippen LogP contribution in [-0.2, 0) is 6.54 Å². The summed E-state index contributed by atoms with van der Waals surface area (Å²) in [4.78, 5) is 16.5. The number of hydrogen-bond acceptors (Lipinski definition) is 5. The molecule has 0 fully saturated rings. The third-order valence-electron chi connectivity index (χ3n) is 4.63. The van der Waals surface area contributed by atoms with E-state index in [4.69, 9.17) is 15.1 Å². The average Bonchev–Trinajstić information content (AvgIpc) is 3.35. The Morgan fingerprint density at radius 3 is 2.81 bits per heavy atom. The minimum Gasteiger partial charge on any atom is -0.467 e. The third kappa shape index (κ3) is 3.53. The number of carbonyl (C=O) groups is 1. The predicted octanol–water partition coefficient (Wildman–Crippen LogP) is 4.59. The summed E-state index contributed by atoms with van der Waals surface area (Å²) in [6.45, 7) is 6.83. The Balaban J connectivity index is 1.93. The van der Waals surface area contributed by atoms with E-state index >= 15 is 0 Å². The van der Waals surface area contributed by atoms with E-state index in [1.807, 2.05) is 30.5 Å². The Morgan fingerprint density at radius 2 is 2.19 bits per heavy atom. The number of nitrogens with two attached hydrogens (primary N) is 1. The second-order valence-electron chi connectivity index (χ2n) is 6.20. The standard InChI is InChI=1S/C19H24N4O2S/c1-4-13(5-2)23-12(3)15(18(20)24)9-17(23)16-11-26-19(22-16)21-10-14-7-6-8-25-14/h6-9,11,13H,4-5,10H2,1-3H3,(H2,20,24)(H,21,22). The Morgan fingerprint density at radius 1 is 1.42 bits per heavy atom. The van der Waals surface area contributed by atoms with Gasteiger partial charge in [-0.05, 0) is 38.0 Å². The summed E-state index contributed by atoms with van der Waals surface area (Å²) in [7, 11) is 0. The quantitative estimate of drug-likeness (QED) is 0.606. The maximum atomic E-state index is 11.8. The van der Waals surface area contributed by atoms with Crippen LogP contribution < -0.4 is 11.1 Å². The Kier molecular flexibility index (Phi) is 5.46. The number of primary amides is 1. The van der Waals surface area contributed by atoms with E-state index in [1.165, 1.54) is 11.3 Å². The number of nitrogens with one attached hydrogen (secondary N) is 1. The average molecular weight is 372 g/mol. The van der Waals surface area contributed by atoms with E-state index in [0.29, 0.717) is 18.2 Å². The molecule has 6 nitrogen and oxygen atoms in total. The number of aromatic nitrogens is 2. The number of anilines is 1. The molecule has 3 N–H and O–H groups in total. The van der Waals surface area contributed by atoms with Crippen LogP contribution in [0.15, 0.2) is 34.3 Å². The lowest BCUT2D eigenvalue weighted by Gasteiger charge is -2.20. The number of nitrogens with zero attached hydrogens (tertiary/aromatic N) is 2. The highest BCUT2D eigenvalue weighted by molar-refractivity contribution is 7.14. The number of rotatable bonds is 8. The smallest absolute Gasteiger partial charge is 0.250 e. The number of hydrogen-bond donors (Lipinski definition) is 2. The molecule has 7 heteroatoms. The van der Waals surface area contributed by atoms with E-state index in [9.17, 15) is 4.79 Å². The normalized spacial score (nSPS) is 11.2. The van der Waals surface area contributed by atoms with Gasteiger partial charge >= 0.3 is 0 Å². The van der Waals surface area contributed by atoms with Crippen molar-refractivity contribution in [3.8, 4) is 11.4 Å². The monoisotopic (exact) mass is 372 g/mol. The number of amides is 1. The second kappa shape index (κ2) is 7.78. The molecule has 0 spiro atoms. The van der Waals surface area contributed by atoms with E-state index in [-0.39, 0.29) is 0 Å². The predicted molar refractivity (Wildman–Crippen MR) is 104 cm³/mol. The molecule has 138 valence electrons. The van der Waals surface area contributed by atoms with Gasteiger partial charge in [-0.25, -0.2) is 4.98 Å². The molecule has 3 heterocycles. The number of thiazole rings is 1. The summed E-state index contributed by atoms with van der Waals surface area (Å²) in [6, 6.07) is 5.95. The molecule has 0 saturated heterocycles. The van der Waals surface area contributed by atoms with Crippen molar-refractivity contribution in [3.63, 3.8) is 0 Å². The maximum Gasteiger partial charge on any atom is 0.250 e. The lowest BCUT2D eigenvalue weighted by atomic mass is 10.1. The van der Waals surface area contributed by atoms with Crippen molar-refractivity contribution < 1.29 is 9.21 Å². The summed E-state index contributed by atoms with van der Waals surface area (Å²) < 4.78 is 7.53. The zero-order valence-electron chi connectivity index (χ0n) is 15.3. The molecule has 0 aliphatic carbocycles. The van der Waals surface area contributed by atoms with Crippen LogP contribution in [0.3, 0.4) is 0 Å². The second-order valence-corrected chi connectivity index (χ2v) is 7.06. The van der Waals surface area contributed by atoms with Gasteiger partial charge in [-0.1, -0.05) is 13.8 Å². The highest BCUT2D eigenvalue weighted by atomic mass is 32.1. The van der Waals surface area contributed by atoms with Crippen molar-refractivity contribution in [3.05, 3.63) is 46.9 Å². The van der Waals surface area contributed by atoms with Gasteiger partial charge in [0.15, 0.2) is 5.13 Å². The zero-order chi connectivity index (χ0) is 18.7. The van der Waals surface area contributed by atoms with Gasteiger partial charge in [0.1, 0.15) is 5.76 Å². The number of carbonyl (C=O) groups excluding carboxylic acids is 1. The fourth-order valence-corrected chi connectivity index (χ4v) is 3.94. The van der Waals surface area contributed by atoms with Crippen LogP contribution in [0.25, 0.3) is 11.4 Å². The van der Waals surface area contributed by atoms with Gasteiger partial charge in [-0.15, -0.1) is 11.3 Å². The molecule has 0 radical (unpaired) electrons. The van der Waals surface area contributed by atoms with Gasteiger partial charge in [-0.2, -0.15) is 0 Å². The van der Waals surface area contributed by atoms with Crippen LogP contribution in [0.5, 0.6) is 0 Å². The van der Waals surface area contributed by atoms with Gasteiger partial charge in [0.05, 0.1) is 29.8 Å². The Hall–Kier alpha value is -2.54.